The van der Waals surface area contributed by atoms with E-state index in [2.05, 4.69) is 4.90 Å². The van der Waals surface area contributed by atoms with Gasteiger partial charge in [0.25, 0.3) is 0 Å². The van der Waals surface area contributed by atoms with Crippen molar-refractivity contribution in [2.45, 2.75) is 32.3 Å². The zero-order valence-corrected chi connectivity index (χ0v) is 14.0. The molecule has 1 unspecified atom stereocenters. The largest absolute Gasteiger partial charge is 0.497 e. The van der Waals surface area contributed by atoms with Gasteiger partial charge in [-0.2, -0.15) is 0 Å². The summed E-state index contributed by atoms with van der Waals surface area (Å²) in [6, 6.07) is 7.53. The van der Waals surface area contributed by atoms with Crippen molar-refractivity contribution in [3.63, 3.8) is 0 Å². The van der Waals surface area contributed by atoms with Crippen molar-refractivity contribution in [3.8, 4) is 5.75 Å². The van der Waals surface area contributed by atoms with Crippen LogP contribution in [0.25, 0.3) is 0 Å². The number of likely N-dealkylation sites (tertiary alicyclic amines) is 1. The van der Waals surface area contributed by atoms with Crippen LogP contribution in [0.1, 0.15) is 37.9 Å². The first-order valence-electron chi connectivity index (χ1n) is 8.35. The van der Waals surface area contributed by atoms with Crippen LogP contribution in [0.3, 0.4) is 0 Å². The lowest BCUT2D eigenvalue weighted by Crippen LogP contribution is -2.37. The standard InChI is InChI=1S/C18H27NO4/c1-3-23-18(21)15-8-11-19(12-9-15)13-10-17(20)14-4-6-16(22-2)7-5-14/h4-7,15,17,20H,3,8-13H2,1-2H3. The van der Waals surface area contributed by atoms with Crippen LogP contribution in [-0.4, -0.2) is 49.3 Å². The SMILES string of the molecule is CCOC(=O)C1CCN(CCC(O)c2ccc(OC)cc2)CC1. The van der Waals surface area contributed by atoms with Crippen LogP contribution in [-0.2, 0) is 9.53 Å². The van der Waals surface area contributed by atoms with Crippen molar-refractivity contribution in [3.05, 3.63) is 29.8 Å². The van der Waals surface area contributed by atoms with Crippen molar-refractivity contribution >= 4 is 5.97 Å². The summed E-state index contributed by atoms with van der Waals surface area (Å²) in [5, 5.41) is 10.3. The number of aliphatic hydroxyl groups is 1. The highest BCUT2D eigenvalue weighted by atomic mass is 16.5. The highest BCUT2D eigenvalue weighted by molar-refractivity contribution is 5.72. The molecule has 1 aliphatic heterocycles. The van der Waals surface area contributed by atoms with Gasteiger partial charge in [0.1, 0.15) is 5.75 Å². The lowest BCUT2D eigenvalue weighted by Gasteiger charge is -2.31. The van der Waals surface area contributed by atoms with Crippen LogP contribution in [0, 0.1) is 5.92 Å². The number of benzene rings is 1. The fourth-order valence-corrected chi connectivity index (χ4v) is 2.95. The number of aliphatic hydroxyl groups excluding tert-OH is 1. The van der Waals surface area contributed by atoms with E-state index < -0.39 is 6.10 Å². The summed E-state index contributed by atoms with van der Waals surface area (Å²) in [5.41, 5.74) is 0.909. The minimum absolute atomic E-state index is 0.0395. The lowest BCUT2D eigenvalue weighted by molar-refractivity contribution is -0.149. The molecule has 1 saturated heterocycles. The van der Waals surface area contributed by atoms with Gasteiger partial charge in [0.05, 0.1) is 25.7 Å². The Morgan fingerprint density at radius 1 is 1.30 bits per heavy atom. The molecular weight excluding hydrogens is 294 g/mol. The number of carbonyl (C=O) groups is 1. The van der Waals surface area contributed by atoms with E-state index >= 15 is 0 Å². The summed E-state index contributed by atoms with van der Waals surface area (Å²) in [6.07, 6.45) is 1.91. The first-order valence-corrected chi connectivity index (χ1v) is 8.35. The maximum absolute atomic E-state index is 11.7. The van der Waals surface area contributed by atoms with Gasteiger partial charge in [-0.05, 0) is 57.0 Å². The Hall–Kier alpha value is -1.59. The minimum atomic E-state index is -0.469. The maximum Gasteiger partial charge on any atom is 0.309 e. The lowest BCUT2D eigenvalue weighted by atomic mass is 9.96. The van der Waals surface area contributed by atoms with Gasteiger partial charge < -0.3 is 19.5 Å². The Morgan fingerprint density at radius 2 is 1.96 bits per heavy atom. The van der Waals surface area contributed by atoms with Gasteiger partial charge in [0, 0.05) is 6.54 Å². The molecule has 23 heavy (non-hydrogen) atoms. The van der Waals surface area contributed by atoms with Crippen molar-refractivity contribution in [1.29, 1.82) is 0 Å². The number of piperidine rings is 1. The van der Waals surface area contributed by atoms with E-state index in [0.29, 0.717) is 13.0 Å². The van der Waals surface area contributed by atoms with Crippen molar-refractivity contribution in [2.24, 2.45) is 5.92 Å². The van der Waals surface area contributed by atoms with Gasteiger partial charge in [0.15, 0.2) is 0 Å². The second kappa shape index (κ2) is 8.89. The van der Waals surface area contributed by atoms with Crippen molar-refractivity contribution < 1.29 is 19.4 Å². The third kappa shape index (κ3) is 5.22. The summed E-state index contributed by atoms with van der Waals surface area (Å²) in [4.78, 5) is 14.0. The minimum Gasteiger partial charge on any atom is -0.497 e. The van der Waals surface area contributed by atoms with Crippen LogP contribution in [0.15, 0.2) is 24.3 Å². The number of rotatable bonds is 7. The molecule has 0 bridgehead atoms. The molecule has 0 aliphatic carbocycles. The van der Waals surface area contributed by atoms with Gasteiger partial charge in [-0.3, -0.25) is 4.79 Å². The Morgan fingerprint density at radius 3 is 2.52 bits per heavy atom. The highest BCUT2D eigenvalue weighted by Gasteiger charge is 2.26. The second-order valence-electron chi connectivity index (χ2n) is 5.95. The molecular formula is C18H27NO4. The fourth-order valence-electron chi connectivity index (χ4n) is 2.95. The monoisotopic (exact) mass is 321 g/mol. The van der Waals surface area contributed by atoms with Gasteiger partial charge in [-0.1, -0.05) is 12.1 Å². The molecule has 1 fully saturated rings. The van der Waals surface area contributed by atoms with Crippen LogP contribution in [0.2, 0.25) is 0 Å². The first-order chi connectivity index (χ1) is 11.1. The quantitative estimate of drug-likeness (QED) is 0.782. The highest BCUT2D eigenvalue weighted by Crippen LogP contribution is 2.23. The van der Waals surface area contributed by atoms with Gasteiger partial charge in [0.2, 0.25) is 0 Å². The summed E-state index contributed by atoms with van der Waals surface area (Å²) < 4.78 is 10.2. The van der Waals surface area contributed by atoms with E-state index in [-0.39, 0.29) is 11.9 Å². The molecule has 1 aromatic rings. The van der Waals surface area contributed by atoms with E-state index in [9.17, 15) is 9.90 Å². The third-order valence-corrected chi connectivity index (χ3v) is 4.43. The first kappa shape index (κ1) is 17.8. The molecule has 1 N–H and O–H groups in total. The molecule has 5 nitrogen and oxygen atoms in total. The average Bonchev–Trinajstić information content (AvgIpc) is 2.60. The third-order valence-electron chi connectivity index (χ3n) is 4.43. The molecule has 0 radical (unpaired) electrons. The Balaban J connectivity index is 1.73. The molecule has 0 amide bonds. The average molecular weight is 321 g/mol. The zero-order valence-electron chi connectivity index (χ0n) is 14.0. The van der Waals surface area contributed by atoms with Gasteiger partial charge in [-0.15, -0.1) is 0 Å². The molecule has 128 valence electrons. The zero-order chi connectivity index (χ0) is 16.7. The Kier molecular flexibility index (Phi) is 6.86. The fraction of sp³-hybridized carbons (Fsp3) is 0.611. The Labute approximate surface area is 138 Å². The Bertz CT molecular complexity index is 480. The van der Waals surface area contributed by atoms with Crippen LogP contribution in [0.5, 0.6) is 5.75 Å². The molecule has 0 saturated carbocycles. The number of hydrogen-bond acceptors (Lipinski definition) is 5. The van der Waals surface area contributed by atoms with Crippen LogP contribution < -0.4 is 4.74 Å². The normalized spacial score (nSPS) is 17.7. The van der Waals surface area contributed by atoms with E-state index in [1.165, 1.54) is 0 Å². The maximum atomic E-state index is 11.7. The molecule has 1 atom stereocenters. The predicted molar refractivity (Wildman–Crippen MR) is 88.4 cm³/mol. The molecule has 1 heterocycles. The number of ether oxygens (including phenoxy) is 2. The van der Waals surface area contributed by atoms with Gasteiger partial charge >= 0.3 is 5.97 Å². The van der Waals surface area contributed by atoms with Crippen molar-refractivity contribution in [1.82, 2.24) is 4.90 Å². The second-order valence-corrected chi connectivity index (χ2v) is 5.95. The number of esters is 1. The van der Waals surface area contributed by atoms with Crippen molar-refractivity contribution in [2.75, 3.05) is 33.4 Å². The van der Waals surface area contributed by atoms with E-state index in [1.54, 1.807) is 7.11 Å². The number of hydrogen-bond donors (Lipinski definition) is 1. The van der Waals surface area contributed by atoms with Crippen LogP contribution >= 0.6 is 0 Å². The molecule has 0 spiro atoms. The summed E-state index contributed by atoms with van der Waals surface area (Å²) >= 11 is 0. The molecule has 1 aromatic carbocycles. The smallest absolute Gasteiger partial charge is 0.309 e. The van der Waals surface area contributed by atoms with Gasteiger partial charge in [-0.25, -0.2) is 0 Å². The molecule has 1 aliphatic rings. The summed E-state index contributed by atoms with van der Waals surface area (Å²) in [5.74, 6) is 0.769. The van der Waals surface area contributed by atoms with E-state index in [4.69, 9.17) is 9.47 Å². The number of carbonyl (C=O) groups excluding carboxylic acids is 1. The van der Waals surface area contributed by atoms with Crippen LogP contribution in [0.4, 0.5) is 0 Å². The topological polar surface area (TPSA) is 59.0 Å². The number of nitrogens with zero attached hydrogens (tertiary/aromatic N) is 1. The molecule has 5 heteroatoms. The molecule has 2 rings (SSSR count). The summed E-state index contributed by atoms with van der Waals surface area (Å²) in [7, 11) is 1.63. The summed E-state index contributed by atoms with van der Waals surface area (Å²) in [6.45, 7) is 4.90. The number of methoxy groups -OCH3 is 1. The predicted octanol–water partition coefficient (Wildman–Crippen LogP) is 2.39. The van der Waals surface area contributed by atoms with E-state index in [0.717, 1.165) is 43.8 Å². The molecule has 0 aromatic heterocycles. The van der Waals surface area contributed by atoms with E-state index in [1.807, 2.05) is 31.2 Å².